The van der Waals surface area contributed by atoms with Gasteiger partial charge >= 0.3 is 0 Å². The molecule has 1 rings (SSSR count). The smallest absolute Gasteiger partial charge is 0.236 e. The van der Waals surface area contributed by atoms with Crippen molar-refractivity contribution >= 4 is 5.91 Å². The average Bonchev–Trinajstić information content (AvgIpc) is 2.29. The predicted molar refractivity (Wildman–Crippen MR) is 61.0 cm³/mol. The van der Waals surface area contributed by atoms with E-state index in [0.717, 1.165) is 25.9 Å². The van der Waals surface area contributed by atoms with Crippen molar-refractivity contribution < 1.29 is 15.0 Å². The van der Waals surface area contributed by atoms with Crippen molar-refractivity contribution in [2.75, 3.05) is 39.8 Å². The van der Waals surface area contributed by atoms with E-state index in [1.807, 2.05) is 4.90 Å². The number of aliphatic hydroxyl groups is 2. The average molecular weight is 230 g/mol. The van der Waals surface area contributed by atoms with Gasteiger partial charge in [-0.05, 0) is 26.3 Å². The first-order valence-corrected chi connectivity index (χ1v) is 5.88. The molecule has 1 atom stereocenters. The lowest BCUT2D eigenvalue weighted by Crippen LogP contribution is -2.43. The van der Waals surface area contributed by atoms with Crippen molar-refractivity contribution in [2.45, 2.75) is 25.4 Å². The molecular formula is C11H22N2O3. The quantitative estimate of drug-likeness (QED) is 0.654. The van der Waals surface area contributed by atoms with Crippen LogP contribution >= 0.6 is 0 Å². The largest absolute Gasteiger partial charge is 0.394 e. The molecule has 5 nitrogen and oxygen atoms in total. The van der Waals surface area contributed by atoms with Crippen molar-refractivity contribution in [1.29, 1.82) is 0 Å². The Morgan fingerprint density at radius 3 is 2.56 bits per heavy atom. The fraction of sp³-hybridized carbons (Fsp3) is 0.909. The SMILES string of the molecule is CN(CC(=O)N1CCCCC1)CC(O)CO. The zero-order chi connectivity index (χ0) is 12.0. The maximum Gasteiger partial charge on any atom is 0.236 e. The highest BCUT2D eigenvalue weighted by Crippen LogP contribution is 2.08. The minimum absolute atomic E-state index is 0.118. The molecule has 2 N–H and O–H groups in total. The number of carbonyl (C=O) groups is 1. The zero-order valence-corrected chi connectivity index (χ0v) is 9.93. The molecule has 1 heterocycles. The van der Waals surface area contributed by atoms with Crippen molar-refractivity contribution in [1.82, 2.24) is 9.80 Å². The van der Waals surface area contributed by atoms with Gasteiger partial charge in [-0.15, -0.1) is 0 Å². The molecule has 0 aromatic rings. The molecule has 1 aliphatic rings. The molecule has 0 aromatic heterocycles. The van der Waals surface area contributed by atoms with Gasteiger partial charge in [-0.2, -0.15) is 0 Å². The third-order valence-electron chi connectivity index (χ3n) is 2.85. The second kappa shape index (κ2) is 6.83. The summed E-state index contributed by atoms with van der Waals surface area (Å²) in [6.07, 6.45) is 2.63. The summed E-state index contributed by atoms with van der Waals surface area (Å²) < 4.78 is 0. The Hall–Kier alpha value is -0.650. The van der Waals surface area contributed by atoms with Gasteiger partial charge in [-0.25, -0.2) is 0 Å². The highest BCUT2D eigenvalue weighted by molar-refractivity contribution is 5.78. The number of likely N-dealkylation sites (tertiary alicyclic amines) is 1. The molecule has 1 amide bonds. The van der Waals surface area contributed by atoms with E-state index in [1.54, 1.807) is 11.9 Å². The maximum atomic E-state index is 11.8. The van der Waals surface area contributed by atoms with Crippen LogP contribution in [-0.4, -0.2) is 71.9 Å². The fourth-order valence-electron chi connectivity index (χ4n) is 1.96. The van der Waals surface area contributed by atoms with Crippen molar-refractivity contribution in [2.24, 2.45) is 0 Å². The summed E-state index contributed by atoms with van der Waals surface area (Å²) in [6.45, 7) is 2.10. The fourth-order valence-corrected chi connectivity index (χ4v) is 1.96. The van der Waals surface area contributed by atoms with Gasteiger partial charge in [0.2, 0.25) is 5.91 Å². The molecule has 0 aliphatic carbocycles. The third-order valence-corrected chi connectivity index (χ3v) is 2.85. The second-order valence-electron chi connectivity index (χ2n) is 4.47. The van der Waals surface area contributed by atoms with Gasteiger partial charge in [0.25, 0.3) is 0 Å². The molecule has 5 heteroatoms. The van der Waals surface area contributed by atoms with Crippen LogP contribution in [0.4, 0.5) is 0 Å². The standard InChI is InChI=1S/C11H22N2O3/c1-12(7-10(15)9-14)8-11(16)13-5-3-2-4-6-13/h10,14-15H,2-9H2,1H3. The van der Waals surface area contributed by atoms with Crippen molar-refractivity contribution in [3.8, 4) is 0 Å². The molecule has 0 radical (unpaired) electrons. The van der Waals surface area contributed by atoms with Crippen LogP contribution in [0.2, 0.25) is 0 Å². The zero-order valence-electron chi connectivity index (χ0n) is 9.93. The van der Waals surface area contributed by atoms with Gasteiger partial charge in [-0.3, -0.25) is 9.69 Å². The maximum absolute atomic E-state index is 11.8. The number of hydrogen-bond acceptors (Lipinski definition) is 4. The summed E-state index contributed by atoms with van der Waals surface area (Å²) >= 11 is 0. The first-order chi connectivity index (χ1) is 7.63. The molecule has 0 spiro atoms. The molecule has 1 unspecified atom stereocenters. The summed E-state index contributed by atoms with van der Waals surface area (Å²) in [5, 5.41) is 17.9. The Labute approximate surface area is 96.7 Å². The van der Waals surface area contributed by atoms with Crippen LogP contribution in [0.15, 0.2) is 0 Å². The molecule has 1 fully saturated rings. The Kier molecular flexibility index (Phi) is 5.73. The third kappa shape index (κ3) is 4.47. The number of amides is 1. The van der Waals surface area contributed by atoms with E-state index >= 15 is 0 Å². The highest BCUT2D eigenvalue weighted by atomic mass is 16.3. The molecule has 16 heavy (non-hydrogen) atoms. The van der Waals surface area contributed by atoms with E-state index in [4.69, 9.17) is 5.11 Å². The minimum atomic E-state index is -0.765. The van der Waals surface area contributed by atoms with Gasteiger partial charge in [0.15, 0.2) is 0 Å². The molecule has 94 valence electrons. The van der Waals surface area contributed by atoms with E-state index in [9.17, 15) is 9.90 Å². The van der Waals surface area contributed by atoms with Crippen LogP contribution in [0.25, 0.3) is 0 Å². The number of hydrogen-bond donors (Lipinski definition) is 2. The van der Waals surface area contributed by atoms with Crippen LogP contribution in [0.1, 0.15) is 19.3 Å². The molecule has 0 saturated carbocycles. The normalized spacial score (nSPS) is 18.9. The predicted octanol–water partition coefficient (Wildman–Crippen LogP) is -0.716. The summed E-state index contributed by atoms with van der Waals surface area (Å²) in [6, 6.07) is 0. The molecule has 1 saturated heterocycles. The summed E-state index contributed by atoms with van der Waals surface area (Å²) in [5.74, 6) is 0.118. The lowest BCUT2D eigenvalue weighted by Gasteiger charge is -2.29. The van der Waals surface area contributed by atoms with Crippen LogP contribution in [0.3, 0.4) is 0 Å². The Balaban J connectivity index is 2.26. The molecule has 1 aliphatic heterocycles. The van der Waals surface area contributed by atoms with Gasteiger partial charge in [0, 0.05) is 19.6 Å². The minimum Gasteiger partial charge on any atom is -0.394 e. The highest BCUT2D eigenvalue weighted by Gasteiger charge is 2.18. The van der Waals surface area contributed by atoms with Crippen LogP contribution in [0, 0.1) is 0 Å². The van der Waals surface area contributed by atoms with E-state index in [0.29, 0.717) is 13.1 Å². The van der Waals surface area contributed by atoms with Gasteiger partial charge in [0.1, 0.15) is 0 Å². The number of carbonyl (C=O) groups excluding carboxylic acids is 1. The molecule has 0 bridgehead atoms. The van der Waals surface area contributed by atoms with Gasteiger partial charge < -0.3 is 15.1 Å². The Bertz CT molecular complexity index is 217. The van der Waals surface area contributed by atoms with Crippen LogP contribution < -0.4 is 0 Å². The van der Waals surface area contributed by atoms with E-state index in [1.165, 1.54) is 6.42 Å². The Morgan fingerprint density at radius 2 is 2.00 bits per heavy atom. The monoisotopic (exact) mass is 230 g/mol. The number of piperidine rings is 1. The lowest BCUT2D eigenvalue weighted by atomic mass is 10.1. The van der Waals surface area contributed by atoms with E-state index in [2.05, 4.69) is 0 Å². The van der Waals surface area contributed by atoms with Crippen LogP contribution in [0.5, 0.6) is 0 Å². The number of rotatable bonds is 5. The van der Waals surface area contributed by atoms with Gasteiger partial charge in [-0.1, -0.05) is 0 Å². The number of aliphatic hydroxyl groups excluding tert-OH is 2. The second-order valence-corrected chi connectivity index (χ2v) is 4.47. The summed E-state index contributed by atoms with van der Waals surface area (Å²) in [7, 11) is 1.78. The Morgan fingerprint density at radius 1 is 1.38 bits per heavy atom. The number of likely N-dealkylation sites (N-methyl/N-ethyl adjacent to an activating group) is 1. The van der Waals surface area contributed by atoms with Gasteiger partial charge in [0.05, 0.1) is 19.3 Å². The van der Waals surface area contributed by atoms with E-state index in [-0.39, 0.29) is 12.5 Å². The first-order valence-electron chi connectivity index (χ1n) is 5.88. The molecular weight excluding hydrogens is 208 g/mol. The topological polar surface area (TPSA) is 64.0 Å². The molecule has 0 aromatic carbocycles. The van der Waals surface area contributed by atoms with Crippen LogP contribution in [-0.2, 0) is 4.79 Å². The lowest BCUT2D eigenvalue weighted by molar-refractivity contribution is -0.133. The number of nitrogens with zero attached hydrogens (tertiary/aromatic N) is 2. The van der Waals surface area contributed by atoms with Crippen molar-refractivity contribution in [3.05, 3.63) is 0 Å². The summed E-state index contributed by atoms with van der Waals surface area (Å²) in [4.78, 5) is 15.4. The first kappa shape index (κ1) is 13.4. The van der Waals surface area contributed by atoms with E-state index < -0.39 is 6.10 Å². The summed E-state index contributed by atoms with van der Waals surface area (Å²) in [5.41, 5.74) is 0. The van der Waals surface area contributed by atoms with Crippen molar-refractivity contribution in [3.63, 3.8) is 0 Å².